The molecule has 0 aliphatic carbocycles. The van der Waals surface area contributed by atoms with Crippen LogP contribution in [0.25, 0.3) is 5.69 Å². The average molecular weight is 366 g/mol. The zero-order chi connectivity index (χ0) is 17.3. The van der Waals surface area contributed by atoms with Crippen LogP contribution in [-0.4, -0.2) is 18.8 Å². The minimum Gasteiger partial charge on any atom is -0.258 e. The lowest BCUT2D eigenvalue weighted by Crippen LogP contribution is -2.36. The van der Waals surface area contributed by atoms with Crippen LogP contribution in [0.1, 0.15) is 11.1 Å². The van der Waals surface area contributed by atoms with Crippen LogP contribution in [0, 0.1) is 13.8 Å². The van der Waals surface area contributed by atoms with Crippen molar-refractivity contribution in [3.8, 4) is 5.69 Å². The van der Waals surface area contributed by atoms with Crippen LogP contribution in [0.3, 0.4) is 0 Å². The number of aryl methyl sites for hydroxylation is 2. The SMILES string of the molecule is Cc1ccc(S(=O)(=O)Nc2n[n+](-c3cccc(C)c3Cl)no2)cc1. The molecule has 0 atom stereocenters. The summed E-state index contributed by atoms with van der Waals surface area (Å²) >= 11 is 6.20. The topological polar surface area (TPSA) is 89.0 Å². The van der Waals surface area contributed by atoms with Crippen molar-refractivity contribution in [2.75, 3.05) is 4.72 Å². The van der Waals surface area contributed by atoms with E-state index >= 15 is 0 Å². The van der Waals surface area contributed by atoms with Crippen molar-refractivity contribution in [3.63, 3.8) is 0 Å². The van der Waals surface area contributed by atoms with E-state index in [1.54, 1.807) is 24.3 Å². The molecule has 1 heterocycles. The number of benzene rings is 2. The van der Waals surface area contributed by atoms with E-state index in [-0.39, 0.29) is 10.9 Å². The van der Waals surface area contributed by atoms with Gasteiger partial charge >= 0.3 is 6.01 Å². The Morgan fingerprint density at radius 3 is 2.54 bits per heavy atom. The Morgan fingerprint density at radius 1 is 1.12 bits per heavy atom. The number of hydrogen-bond donors (Lipinski definition) is 1. The Hall–Kier alpha value is -2.45. The number of nitrogens with one attached hydrogen (secondary N) is 1. The van der Waals surface area contributed by atoms with Crippen LogP contribution >= 0.6 is 11.6 Å². The molecule has 3 aromatic rings. The fourth-order valence-corrected chi connectivity index (χ4v) is 3.14. The second-order valence-corrected chi connectivity index (χ2v) is 7.25. The lowest BCUT2D eigenvalue weighted by molar-refractivity contribution is -0.724. The number of aromatic nitrogens is 3. The minimum absolute atomic E-state index is 0.103. The van der Waals surface area contributed by atoms with E-state index in [0.717, 1.165) is 15.9 Å². The van der Waals surface area contributed by atoms with E-state index in [1.165, 1.54) is 12.1 Å². The third-order valence-corrected chi connectivity index (χ3v) is 5.16. The molecule has 7 nitrogen and oxygen atoms in total. The average Bonchev–Trinajstić information content (AvgIpc) is 2.98. The normalized spacial score (nSPS) is 11.5. The van der Waals surface area contributed by atoms with Gasteiger partial charge in [-0.05, 0) is 31.5 Å². The van der Waals surface area contributed by atoms with E-state index in [2.05, 4.69) is 15.1 Å². The molecule has 0 fully saturated rings. The Morgan fingerprint density at radius 2 is 1.83 bits per heavy atom. The molecule has 9 heteroatoms. The van der Waals surface area contributed by atoms with Crippen molar-refractivity contribution in [1.82, 2.24) is 10.4 Å². The second kappa shape index (κ2) is 6.21. The lowest BCUT2D eigenvalue weighted by Gasteiger charge is -2.02. The van der Waals surface area contributed by atoms with Gasteiger partial charge in [-0.25, -0.2) is 13.1 Å². The highest BCUT2D eigenvalue weighted by Crippen LogP contribution is 2.20. The van der Waals surface area contributed by atoms with Gasteiger partial charge < -0.3 is 0 Å². The number of sulfonamides is 1. The number of halogens is 1. The van der Waals surface area contributed by atoms with Crippen molar-refractivity contribution in [1.29, 1.82) is 0 Å². The predicted octanol–water partition coefficient (Wildman–Crippen LogP) is 2.42. The Balaban J connectivity index is 1.89. The molecule has 0 saturated carbocycles. The van der Waals surface area contributed by atoms with E-state index in [0.29, 0.717) is 10.7 Å². The molecule has 0 unspecified atom stereocenters. The van der Waals surface area contributed by atoms with Crippen LogP contribution in [0.5, 0.6) is 0 Å². The summed E-state index contributed by atoms with van der Waals surface area (Å²) in [5.41, 5.74) is 2.29. The maximum absolute atomic E-state index is 12.3. The van der Waals surface area contributed by atoms with Gasteiger partial charge in [0.05, 0.1) is 9.99 Å². The van der Waals surface area contributed by atoms with Crippen LogP contribution in [0.2, 0.25) is 5.02 Å². The van der Waals surface area contributed by atoms with Gasteiger partial charge in [-0.15, -0.1) is 0 Å². The quantitative estimate of drug-likeness (QED) is 0.717. The van der Waals surface area contributed by atoms with Gasteiger partial charge in [-0.3, -0.25) is 4.52 Å². The monoisotopic (exact) mass is 365 g/mol. The molecule has 3 rings (SSSR count). The van der Waals surface area contributed by atoms with Crippen molar-refractivity contribution in [2.24, 2.45) is 0 Å². The van der Waals surface area contributed by atoms with Crippen LogP contribution in [-0.2, 0) is 10.0 Å². The third kappa shape index (κ3) is 3.24. The van der Waals surface area contributed by atoms with Gasteiger partial charge in [0, 0.05) is 6.07 Å². The molecule has 2 aromatic carbocycles. The molecular formula is C15H14ClN4O3S+. The Bertz CT molecular complexity index is 984. The summed E-state index contributed by atoms with van der Waals surface area (Å²) in [7, 11) is -3.81. The fraction of sp³-hybridized carbons (Fsp3) is 0.133. The molecule has 0 saturated heterocycles. The predicted molar refractivity (Wildman–Crippen MR) is 87.6 cm³/mol. The first-order chi connectivity index (χ1) is 11.4. The Kier molecular flexibility index (Phi) is 4.25. The molecule has 0 radical (unpaired) electrons. The molecule has 0 bridgehead atoms. The summed E-state index contributed by atoms with van der Waals surface area (Å²) in [6.07, 6.45) is 0. The first-order valence-corrected chi connectivity index (χ1v) is 8.84. The fourth-order valence-electron chi connectivity index (χ4n) is 2.01. The summed E-state index contributed by atoms with van der Waals surface area (Å²) in [6, 6.07) is 11.5. The largest absolute Gasteiger partial charge is 0.403 e. The van der Waals surface area contributed by atoms with Crippen LogP contribution < -0.4 is 9.52 Å². The Labute approximate surface area is 143 Å². The number of nitrogens with zero attached hydrogens (tertiary/aromatic N) is 3. The van der Waals surface area contributed by atoms with Gasteiger partial charge in [-0.1, -0.05) is 41.4 Å². The van der Waals surface area contributed by atoms with Crippen molar-refractivity contribution in [2.45, 2.75) is 18.7 Å². The van der Waals surface area contributed by atoms with Gasteiger partial charge in [0.1, 0.15) is 9.82 Å². The number of hydrogen-bond acceptors (Lipinski definition) is 5. The molecule has 1 N–H and O–H groups in total. The van der Waals surface area contributed by atoms with Crippen molar-refractivity contribution in [3.05, 3.63) is 58.6 Å². The number of rotatable bonds is 4. The van der Waals surface area contributed by atoms with Crippen LogP contribution in [0.15, 0.2) is 51.9 Å². The summed E-state index contributed by atoms with van der Waals surface area (Å²) in [5, 5.41) is 8.13. The van der Waals surface area contributed by atoms with Gasteiger partial charge in [0.15, 0.2) is 0 Å². The first kappa shape index (κ1) is 16.4. The zero-order valence-electron chi connectivity index (χ0n) is 12.9. The molecule has 1 aromatic heterocycles. The van der Waals surface area contributed by atoms with Gasteiger partial charge in [-0.2, -0.15) is 0 Å². The van der Waals surface area contributed by atoms with Crippen molar-refractivity contribution < 1.29 is 17.7 Å². The van der Waals surface area contributed by atoms with E-state index in [1.807, 2.05) is 19.9 Å². The smallest absolute Gasteiger partial charge is 0.258 e. The van der Waals surface area contributed by atoms with Crippen LogP contribution in [0.4, 0.5) is 6.01 Å². The molecule has 124 valence electrons. The highest BCUT2D eigenvalue weighted by molar-refractivity contribution is 7.92. The summed E-state index contributed by atoms with van der Waals surface area (Å²) in [4.78, 5) is 1.23. The molecule has 0 aliphatic rings. The van der Waals surface area contributed by atoms with Crippen molar-refractivity contribution >= 4 is 27.6 Å². The molecule has 0 aliphatic heterocycles. The summed E-state index contributed by atoms with van der Waals surface area (Å²) < 4.78 is 31.8. The standard InChI is InChI=1S/C15H14ClN4O3S/c1-10-6-8-12(9-7-10)24(21,22)18-15-17-20(19-23-15)13-5-3-4-11(2)14(13)16/h3-9H,1-2H3,(H,17,18,19)/q+1. The van der Waals surface area contributed by atoms with E-state index in [9.17, 15) is 8.42 Å². The molecule has 0 amide bonds. The minimum atomic E-state index is -3.81. The highest BCUT2D eigenvalue weighted by atomic mass is 35.5. The molecule has 24 heavy (non-hydrogen) atoms. The van der Waals surface area contributed by atoms with Gasteiger partial charge in [0.2, 0.25) is 5.27 Å². The third-order valence-electron chi connectivity index (χ3n) is 3.33. The number of anilines is 1. The zero-order valence-corrected chi connectivity index (χ0v) is 14.5. The maximum Gasteiger partial charge on any atom is 0.403 e. The highest BCUT2D eigenvalue weighted by Gasteiger charge is 2.25. The van der Waals surface area contributed by atoms with E-state index in [4.69, 9.17) is 16.1 Å². The summed E-state index contributed by atoms with van der Waals surface area (Å²) in [6.45, 7) is 3.71. The van der Waals surface area contributed by atoms with Gasteiger partial charge in [0.25, 0.3) is 15.7 Å². The molecular weight excluding hydrogens is 352 g/mol. The molecule has 0 spiro atoms. The second-order valence-electron chi connectivity index (χ2n) is 5.19. The maximum atomic E-state index is 12.3. The first-order valence-electron chi connectivity index (χ1n) is 6.98. The van der Waals surface area contributed by atoms with E-state index < -0.39 is 10.0 Å². The summed E-state index contributed by atoms with van der Waals surface area (Å²) in [5.74, 6) is 0. The lowest BCUT2D eigenvalue weighted by atomic mass is 10.2.